The molecule has 11 nitrogen and oxygen atoms in total. The molecule has 2 unspecified atom stereocenters. The number of hydrogen-bond acceptors (Lipinski definition) is 9. The fourth-order valence-electron chi connectivity index (χ4n) is 4.48. The summed E-state index contributed by atoms with van der Waals surface area (Å²) in [6.45, 7) is 0. The Labute approximate surface area is 202 Å². The number of fused-ring (bicyclic) bond motifs is 2. The maximum atomic E-state index is 13.1. The number of anilines is 1. The van der Waals surface area contributed by atoms with Gasteiger partial charge in [0.2, 0.25) is 5.70 Å². The Bertz CT molecular complexity index is 1270. The lowest BCUT2D eigenvalue weighted by atomic mass is 10.0. The summed E-state index contributed by atoms with van der Waals surface area (Å²) >= 11 is 2.55. The molecular weight excluding hydrogens is 480 g/mol. The summed E-state index contributed by atoms with van der Waals surface area (Å²) in [7, 11) is 1.29. The van der Waals surface area contributed by atoms with Crippen molar-refractivity contribution >= 4 is 57.4 Å². The van der Waals surface area contributed by atoms with Crippen LogP contribution < -0.4 is 15.6 Å². The molecule has 1 aliphatic carbocycles. The summed E-state index contributed by atoms with van der Waals surface area (Å²) in [4.78, 5) is 48.3. The van der Waals surface area contributed by atoms with Crippen LogP contribution in [0.3, 0.4) is 0 Å². The Morgan fingerprint density at radius 1 is 1.41 bits per heavy atom. The topological polar surface area (TPSA) is 151 Å². The van der Waals surface area contributed by atoms with Crippen molar-refractivity contribution in [3.63, 3.8) is 0 Å². The number of carboxylic acids is 1. The fourth-order valence-corrected chi connectivity index (χ4v) is 6.37. The molecule has 34 heavy (non-hydrogen) atoms. The SMILES string of the molecule is CON=C(C(=O)NC1C(=O)N2C(C(=O)O)=C([n+]3cccc4c3CCC4)CSC12)c1csc(N)n1. The van der Waals surface area contributed by atoms with E-state index in [1.807, 2.05) is 22.9 Å². The van der Waals surface area contributed by atoms with Crippen LogP contribution in [-0.4, -0.2) is 62.8 Å². The maximum absolute atomic E-state index is 13.1. The summed E-state index contributed by atoms with van der Waals surface area (Å²) in [5.74, 6) is -1.96. The van der Waals surface area contributed by atoms with Gasteiger partial charge in [-0.25, -0.2) is 9.78 Å². The molecule has 3 aliphatic rings. The van der Waals surface area contributed by atoms with Gasteiger partial charge in [-0.1, -0.05) is 5.16 Å². The number of nitrogens with zero attached hydrogens (tertiary/aromatic N) is 4. The van der Waals surface area contributed by atoms with Crippen molar-refractivity contribution in [3.05, 3.63) is 46.4 Å². The van der Waals surface area contributed by atoms with Crippen LogP contribution in [0.4, 0.5) is 5.13 Å². The summed E-state index contributed by atoms with van der Waals surface area (Å²) in [6.07, 6.45) is 4.67. The zero-order valence-electron chi connectivity index (χ0n) is 18.1. The van der Waals surface area contributed by atoms with Gasteiger partial charge in [0, 0.05) is 23.4 Å². The maximum Gasteiger partial charge on any atom is 0.359 e. The predicted octanol–water partition coefficient (Wildman–Crippen LogP) is 0.205. The quantitative estimate of drug-likeness (QED) is 0.220. The second-order valence-electron chi connectivity index (χ2n) is 7.86. The zero-order chi connectivity index (χ0) is 24.0. The Balaban J connectivity index is 1.42. The molecule has 2 aliphatic heterocycles. The van der Waals surface area contributed by atoms with Crippen molar-refractivity contribution in [1.82, 2.24) is 15.2 Å². The van der Waals surface area contributed by atoms with Crippen LogP contribution in [0.1, 0.15) is 23.4 Å². The number of thiazole rings is 1. The summed E-state index contributed by atoms with van der Waals surface area (Å²) < 4.78 is 1.91. The summed E-state index contributed by atoms with van der Waals surface area (Å²) in [6, 6.07) is 3.04. The molecule has 0 spiro atoms. The van der Waals surface area contributed by atoms with Gasteiger partial charge in [0.25, 0.3) is 11.8 Å². The normalized spacial score (nSPS) is 21.6. The minimum atomic E-state index is -1.18. The van der Waals surface area contributed by atoms with Gasteiger partial charge in [-0.05, 0) is 18.9 Å². The molecule has 0 aromatic carbocycles. The van der Waals surface area contributed by atoms with Gasteiger partial charge in [-0.15, -0.1) is 23.1 Å². The highest BCUT2D eigenvalue weighted by atomic mass is 32.2. The minimum Gasteiger partial charge on any atom is -0.476 e. The minimum absolute atomic E-state index is 0.0531. The summed E-state index contributed by atoms with van der Waals surface area (Å²) in [5.41, 5.74) is 8.54. The average Bonchev–Trinajstić information content (AvgIpc) is 3.48. The molecule has 2 aromatic heterocycles. The third kappa shape index (κ3) is 3.60. The first-order chi connectivity index (χ1) is 16.4. The van der Waals surface area contributed by atoms with Crippen molar-refractivity contribution in [2.24, 2.45) is 5.16 Å². The number of aromatic nitrogens is 2. The number of amides is 2. The van der Waals surface area contributed by atoms with E-state index in [9.17, 15) is 19.5 Å². The second-order valence-corrected chi connectivity index (χ2v) is 9.85. The molecule has 2 aromatic rings. The van der Waals surface area contributed by atoms with Crippen molar-refractivity contribution in [1.29, 1.82) is 0 Å². The summed E-state index contributed by atoms with van der Waals surface area (Å²) in [5, 5.41) is 17.7. The first-order valence-electron chi connectivity index (χ1n) is 10.5. The van der Waals surface area contributed by atoms with Gasteiger partial charge >= 0.3 is 5.97 Å². The number of hydrogen-bond donors (Lipinski definition) is 3. The third-order valence-corrected chi connectivity index (χ3v) is 7.88. The van der Waals surface area contributed by atoms with Crippen LogP contribution in [0.25, 0.3) is 5.70 Å². The fraction of sp³-hybridized carbons (Fsp3) is 0.333. The largest absolute Gasteiger partial charge is 0.476 e. The lowest BCUT2D eigenvalue weighted by molar-refractivity contribution is -0.590. The molecule has 2 atom stereocenters. The molecule has 2 amide bonds. The van der Waals surface area contributed by atoms with Crippen LogP contribution in [0.15, 0.2) is 34.6 Å². The van der Waals surface area contributed by atoms with Crippen LogP contribution in [-0.2, 0) is 32.1 Å². The Kier molecular flexibility index (Phi) is 5.73. The number of pyridine rings is 1. The number of oxime groups is 1. The number of aryl methyl sites for hydroxylation is 1. The van der Waals surface area contributed by atoms with E-state index in [0.717, 1.165) is 36.3 Å². The number of carbonyl (C=O) groups is 3. The van der Waals surface area contributed by atoms with E-state index in [-0.39, 0.29) is 22.2 Å². The van der Waals surface area contributed by atoms with Crippen LogP contribution >= 0.6 is 23.1 Å². The number of rotatable bonds is 6. The van der Waals surface area contributed by atoms with Crippen molar-refractivity contribution in [3.8, 4) is 0 Å². The highest BCUT2D eigenvalue weighted by Crippen LogP contribution is 2.40. The molecule has 0 saturated carbocycles. The number of nitrogens with one attached hydrogen (secondary N) is 1. The first-order valence-corrected chi connectivity index (χ1v) is 12.4. The van der Waals surface area contributed by atoms with E-state index in [1.54, 1.807) is 5.38 Å². The number of β-lactam (4-membered cyclic amide) rings is 1. The molecule has 0 radical (unpaired) electrons. The van der Waals surface area contributed by atoms with E-state index in [4.69, 9.17) is 10.6 Å². The van der Waals surface area contributed by atoms with E-state index >= 15 is 0 Å². The molecular formula is C21H21N6O5S2+. The van der Waals surface area contributed by atoms with E-state index in [2.05, 4.69) is 15.5 Å². The number of aliphatic carboxylic acids is 1. The number of carbonyl (C=O) groups excluding carboxylic acids is 2. The van der Waals surface area contributed by atoms with Crippen LogP contribution in [0.2, 0.25) is 0 Å². The van der Waals surface area contributed by atoms with Crippen LogP contribution in [0, 0.1) is 0 Å². The lowest BCUT2D eigenvalue weighted by Gasteiger charge is -2.48. The molecule has 1 fully saturated rings. The molecule has 1 saturated heterocycles. The number of nitrogen functional groups attached to an aromatic ring is 1. The van der Waals surface area contributed by atoms with Crippen LogP contribution in [0.5, 0.6) is 0 Å². The van der Waals surface area contributed by atoms with Gasteiger partial charge in [0.15, 0.2) is 28.4 Å². The second kappa shape index (κ2) is 8.72. The highest BCUT2D eigenvalue weighted by Gasteiger charge is 2.56. The molecule has 4 heterocycles. The predicted molar refractivity (Wildman–Crippen MR) is 125 cm³/mol. The standard InChI is InChI=1S/C21H20N6O5S2/c1-32-25-14(11-8-34-21(22)23-11)17(28)24-15-18(29)27-16(20(30)31)13(9-33-19(15)27)26-7-3-5-10-4-2-6-12(10)26/h3,5,7-8,15,19H,2,4,6,9H2,1H3,(H3-,22,23,24,28,30,31)/p+1. The Hall–Kier alpha value is -3.45. The van der Waals surface area contributed by atoms with Gasteiger partial charge in [-0.3, -0.25) is 14.5 Å². The van der Waals surface area contributed by atoms with Gasteiger partial charge < -0.3 is 21.0 Å². The van der Waals surface area contributed by atoms with Crippen molar-refractivity contribution in [2.45, 2.75) is 30.7 Å². The van der Waals surface area contributed by atoms with Gasteiger partial charge in [0.1, 0.15) is 24.2 Å². The van der Waals surface area contributed by atoms with Crippen molar-refractivity contribution < 1.29 is 28.9 Å². The Morgan fingerprint density at radius 2 is 2.24 bits per heavy atom. The zero-order valence-corrected chi connectivity index (χ0v) is 19.7. The third-order valence-electron chi connectivity index (χ3n) is 5.94. The average molecular weight is 502 g/mol. The molecule has 4 N–H and O–H groups in total. The monoisotopic (exact) mass is 501 g/mol. The van der Waals surface area contributed by atoms with Crippen molar-refractivity contribution in [2.75, 3.05) is 18.6 Å². The first kappa shape index (κ1) is 22.3. The molecule has 176 valence electrons. The van der Waals surface area contributed by atoms with E-state index in [1.165, 1.54) is 29.3 Å². The molecule has 5 rings (SSSR count). The van der Waals surface area contributed by atoms with Gasteiger partial charge in [0.05, 0.1) is 5.75 Å². The smallest absolute Gasteiger partial charge is 0.359 e. The van der Waals surface area contributed by atoms with E-state index in [0.29, 0.717) is 11.4 Å². The Morgan fingerprint density at radius 3 is 2.94 bits per heavy atom. The van der Waals surface area contributed by atoms with Gasteiger partial charge in [-0.2, -0.15) is 4.57 Å². The number of carboxylic acid groups (broad SMARTS) is 1. The molecule has 13 heteroatoms. The number of nitrogens with two attached hydrogens (primary N) is 1. The lowest BCUT2D eigenvalue weighted by Crippen LogP contribution is -2.71. The van der Waals surface area contributed by atoms with E-state index < -0.39 is 29.2 Å². The number of thioether (sulfide) groups is 1. The highest BCUT2D eigenvalue weighted by molar-refractivity contribution is 8.00. The molecule has 0 bridgehead atoms.